The van der Waals surface area contributed by atoms with Gasteiger partial charge in [-0.05, 0) is 0 Å². The molecule has 0 aliphatic heterocycles. The van der Waals surface area contributed by atoms with Gasteiger partial charge in [0.25, 0.3) is 0 Å². The van der Waals surface area contributed by atoms with Gasteiger partial charge in [-0.25, -0.2) is 0 Å². The Morgan fingerprint density at radius 1 is 1.23 bits per heavy atom. The first-order valence-electron chi connectivity index (χ1n) is 4.52. The molecule has 72 valence electrons. The number of hydrogen-bond acceptors (Lipinski definition) is 1. The van der Waals surface area contributed by atoms with Crippen LogP contribution in [0.15, 0.2) is 30.3 Å². The summed E-state index contributed by atoms with van der Waals surface area (Å²) >= 11 is 5.52. The summed E-state index contributed by atoms with van der Waals surface area (Å²) in [6.45, 7) is 4.51. The first kappa shape index (κ1) is 11.6. The van der Waals surface area contributed by atoms with E-state index in [9.17, 15) is 0 Å². The molecule has 0 heterocycles. The predicted molar refractivity (Wildman–Crippen MR) is 67.4 cm³/mol. The molecule has 0 saturated heterocycles. The van der Waals surface area contributed by atoms with Gasteiger partial charge in [-0.1, -0.05) is 0 Å². The van der Waals surface area contributed by atoms with E-state index in [0.717, 1.165) is 0 Å². The second-order valence-corrected chi connectivity index (χ2v) is 14.2. The normalized spacial score (nSPS) is 15.2. The molecule has 0 aliphatic carbocycles. The summed E-state index contributed by atoms with van der Waals surface area (Å²) in [6.07, 6.45) is 1.25. The Morgan fingerprint density at radius 3 is 2.31 bits per heavy atom. The van der Waals surface area contributed by atoms with E-state index in [1.165, 1.54) is 17.2 Å². The molecule has 3 heteroatoms. The zero-order valence-electron chi connectivity index (χ0n) is 8.06. The zero-order chi connectivity index (χ0) is 9.73. The third kappa shape index (κ3) is 2.99. The van der Waals surface area contributed by atoms with Gasteiger partial charge in [0.15, 0.2) is 0 Å². The van der Waals surface area contributed by atoms with Crippen molar-refractivity contribution in [3.8, 4) is 0 Å². The molecule has 0 N–H and O–H groups in total. The van der Waals surface area contributed by atoms with E-state index < -0.39 is 4.71 Å². The van der Waals surface area contributed by atoms with Gasteiger partial charge in [-0.15, -0.1) is 0 Å². The molecule has 0 nitrogen and oxygen atoms in total. The standard InChI is InChI=1S/C10H15PSSe/c1-3-11(13,12-4-2)10-8-6-5-7-9-10/h5-9H,3-4H2,1-2H3. The molecule has 0 bridgehead atoms. The van der Waals surface area contributed by atoms with Crippen molar-refractivity contribution in [2.45, 2.75) is 13.8 Å². The minimum absolute atomic E-state index is 1.01. The number of hydrogen-bond donors (Lipinski definition) is 0. The first-order chi connectivity index (χ1) is 6.23. The molecule has 0 saturated carbocycles. The summed E-state index contributed by atoms with van der Waals surface area (Å²) in [5.41, 5.74) is 0. The van der Waals surface area contributed by atoms with E-state index in [4.69, 9.17) is 0 Å². The minimum atomic E-state index is -1.01. The van der Waals surface area contributed by atoms with E-state index in [2.05, 4.69) is 70.7 Å². The quantitative estimate of drug-likeness (QED) is 0.602. The monoisotopic (exact) mass is 278 g/mol. The summed E-state index contributed by atoms with van der Waals surface area (Å²) in [6, 6.07) is 10.8. The van der Waals surface area contributed by atoms with E-state index in [1.54, 1.807) is 0 Å². The summed E-state index contributed by atoms with van der Waals surface area (Å²) < 4.78 is -1.01. The summed E-state index contributed by atoms with van der Waals surface area (Å²) in [5, 5.41) is 1.50. The molecule has 1 atom stereocenters. The third-order valence-electron chi connectivity index (χ3n) is 1.90. The van der Waals surface area contributed by atoms with Crippen molar-refractivity contribution in [2.75, 3.05) is 11.9 Å². The van der Waals surface area contributed by atoms with Gasteiger partial charge >= 0.3 is 92.6 Å². The van der Waals surface area contributed by atoms with Crippen LogP contribution < -0.4 is 5.30 Å². The average molecular weight is 277 g/mol. The second-order valence-electron chi connectivity index (χ2n) is 2.74. The van der Waals surface area contributed by atoms with Gasteiger partial charge in [-0.2, -0.15) is 0 Å². The molecular weight excluding hydrogens is 262 g/mol. The van der Waals surface area contributed by atoms with Crippen molar-refractivity contribution < 1.29 is 0 Å². The zero-order valence-corrected chi connectivity index (χ0v) is 11.5. The molecule has 13 heavy (non-hydrogen) atoms. The van der Waals surface area contributed by atoms with Crippen LogP contribution in [-0.2, 0) is 0 Å². The predicted octanol–water partition coefficient (Wildman–Crippen LogP) is 3.10. The van der Waals surface area contributed by atoms with Gasteiger partial charge in [0, 0.05) is 0 Å². The van der Waals surface area contributed by atoms with Crippen LogP contribution in [0.1, 0.15) is 13.8 Å². The molecule has 1 aromatic rings. The average Bonchev–Trinajstić information content (AvgIpc) is 2.19. The Balaban J connectivity index is 2.96. The SMILES string of the molecule is CCSP(=[Se])(CC)c1ccccc1. The van der Waals surface area contributed by atoms with Crippen molar-refractivity contribution in [1.82, 2.24) is 0 Å². The van der Waals surface area contributed by atoms with Gasteiger partial charge in [0.05, 0.1) is 0 Å². The summed E-state index contributed by atoms with van der Waals surface area (Å²) in [5.74, 6) is 1.20. The van der Waals surface area contributed by atoms with Crippen molar-refractivity contribution >= 4 is 36.5 Å². The van der Waals surface area contributed by atoms with Crippen LogP contribution in [0.3, 0.4) is 0 Å². The fourth-order valence-electron chi connectivity index (χ4n) is 1.21. The fourth-order valence-corrected chi connectivity index (χ4v) is 8.32. The first-order valence-corrected chi connectivity index (χ1v) is 10.3. The molecule has 0 aliphatic rings. The Hall–Kier alpha value is 0.519. The molecule has 0 amide bonds. The van der Waals surface area contributed by atoms with Crippen molar-refractivity contribution in [3.05, 3.63) is 30.3 Å². The van der Waals surface area contributed by atoms with Gasteiger partial charge in [0.1, 0.15) is 0 Å². The summed E-state index contributed by atoms with van der Waals surface area (Å²) in [7, 11) is 0. The van der Waals surface area contributed by atoms with E-state index in [0.29, 0.717) is 0 Å². The van der Waals surface area contributed by atoms with Crippen LogP contribution >= 0.6 is 16.1 Å². The Kier molecular flexibility index (Phi) is 4.83. The van der Waals surface area contributed by atoms with E-state index in [-0.39, 0.29) is 0 Å². The number of rotatable bonds is 4. The Bertz CT molecular complexity index is 297. The molecule has 1 unspecified atom stereocenters. The molecule has 0 fully saturated rings. The molecule has 0 spiro atoms. The molecule has 1 aromatic carbocycles. The third-order valence-corrected chi connectivity index (χ3v) is 12.9. The van der Waals surface area contributed by atoms with E-state index in [1.807, 2.05) is 0 Å². The summed E-state index contributed by atoms with van der Waals surface area (Å²) in [4.78, 5) is 0. The van der Waals surface area contributed by atoms with Crippen molar-refractivity contribution in [2.24, 2.45) is 0 Å². The second kappa shape index (κ2) is 5.41. The molecular formula is C10H15PSSe. The van der Waals surface area contributed by atoms with Crippen LogP contribution in [0.25, 0.3) is 0 Å². The van der Waals surface area contributed by atoms with Gasteiger partial charge in [0.2, 0.25) is 0 Å². The number of benzene rings is 1. The molecule has 0 aromatic heterocycles. The Labute approximate surface area is 92.5 Å². The van der Waals surface area contributed by atoms with E-state index >= 15 is 0 Å². The maximum atomic E-state index is 3.43. The van der Waals surface area contributed by atoms with Crippen LogP contribution in [0.2, 0.25) is 0 Å². The van der Waals surface area contributed by atoms with Crippen molar-refractivity contribution in [3.63, 3.8) is 0 Å². The van der Waals surface area contributed by atoms with Gasteiger partial charge in [-0.3, -0.25) is 0 Å². The molecule has 1 rings (SSSR count). The van der Waals surface area contributed by atoms with Crippen LogP contribution in [0, 0.1) is 0 Å². The maximum absolute atomic E-state index is 3.43. The van der Waals surface area contributed by atoms with Crippen LogP contribution in [0.4, 0.5) is 0 Å². The fraction of sp³-hybridized carbons (Fsp3) is 0.400. The molecule has 0 radical (unpaired) electrons. The topological polar surface area (TPSA) is 0 Å². The van der Waals surface area contributed by atoms with Crippen LogP contribution in [0.5, 0.6) is 0 Å². The van der Waals surface area contributed by atoms with Crippen LogP contribution in [-0.4, -0.2) is 27.0 Å². The Morgan fingerprint density at radius 2 is 1.85 bits per heavy atom. The van der Waals surface area contributed by atoms with Gasteiger partial charge < -0.3 is 0 Å². The van der Waals surface area contributed by atoms with Crippen molar-refractivity contribution in [1.29, 1.82) is 0 Å².